The van der Waals surface area contributed by atoms with E-state index in [-0.39, 0.29) is 11.7 Å². The number of amides is 1. The zero-order chi connectivity index (χ0) is 20.1. The fourth-order valence-corrected chi connectivity index (χ4v) is 4.46. The highest BCUT2D eigenvalue weighted by molar-refractivity contribution is 7.09. The third kappa shape index (κ3) is 5.05. The van der Waals surface area contributed by atoms with Gasteiger partial charge in [-0.2, -0.15) is 0 Å². The highest BCUT2D eigenvalue weighted by Crippen LogP contribution is 2.23. The van der Waals surface area contributed by atoms with E-state index in [2.05, 4.69) is 34.5 Å². The number of phenols is 1. The van der Waals surface area contributed by atoms with Gasteiger partial charge in [-0.05, 0) is 47.5 Å². The van der Waals surface area contributed by atoms with Gasteiger partial charge in [0.05, 0.1) is 5.56 Å². The Labute approximate surface area is 176 Å². The van der Waals surface area contributed by atoms with Gasteiger partial charge in [0.1, 0.15) is 5.75 Å². The Balaban J connectivity index is 1.36. The SMILES string of the molecule is O=C(c1cc(Cc2ccccc2)ccc1O)N1CCN(CCc2cccs2)CC1. The Kier molecular flexibility index (Phi) is 6.27. The van der Waals surface area contributed by atoms with Gasteiger partial charge in [0, 0.05) is 37.6 Å². The molecule has 1 saturated heterocycles. The largest absolute Gasteiger partial charge is 0.507 e. The Morgan fingerprint density at radius 3 is 2.45 bits per heavy atom. The van der Waals surface area contributed by atoms with Gasteiger partial charge >= 0.3 is 0 Å². The van der Waals surface area contributed by atoms with Crippen LogP contribution in [0.25, 0.3) is 0 Å². The van der Waals surface area contributed by atoms with Crippen LogP contribution in [0.1, 0.15) is 26.4 Å². The van der Waals surface area contributed by atoms with Crippen LogP contribution in [-0.2, 0) is 12.8 Å². The number of piperazine rings is 1. The van der Waals surface area contributed by atoms with E-state index < -0.39 is 0 Å². The zero-order valence-electron chi connectivity index (χ0n) is 16.5. The van der Waals surface area contributed by atoms with Crippen LogP contribution in [-0.4, -0.2) is 53.5 Å². The summed E-state index contributed by atoms with van der Waals surface area (Å²) in [5.41, 5.74) is 2.63. The summed E-state index contributed by atoms with van der Waals surface area (Å²) in [6.45, 7) is 4.18. The first kappa shape index (κ1) is 19.7. The van der Waals surface area contributed by atoms with Gasteiger partial charge in [0.15, 0.2) is 0 Å². The minimum Gasteiger partial charge on any atom is -0.507 e. The van der Waals surface area contributed by atoms with Crippen LogP contribution in [0.2, 0.25) is 0 Å². The molecule has 0 spiro atoms. The maximum absolute atomic E-state index is 13.0. The number of carbonyl (C=O) groups excluding carboxylic acids is 1. The second-order valence-electron chi connectivity index (χ2n) is 7.48. The highest BCUT2D eigenvalue weighted by Gasteiger charge is 2.24. The molecule has 2 heterocycles. The summed E-state index contributed by atoms with van der Waals surface area (Å²) < 4.78 is 0. The summed E-state index contributed by atoms with van der Waals surface area (Å²) in [5.74, 6) is -0.0118. The second-order valence-corrected chi connectivity index (χ2v) is 8.51. The molecule has 5 heteroatoms. The average molecular weight is 407 g/mol. The van der Waals surface area contributed by atoms with Gasteiger partial charge in [0.2, 0.25) is 0 Å². The Bertz CT molecular complexity index is 933. The number of hydrogen-bond donors (Lipinski definition) is 1. The molecule has 1 fully saturated rings. The summed E-state index contributed by atoms with van der Waals surface area (Å²) in [7, 11) is 0. The molecule has 3 aromatic rings. The highest BCUT2D eigenvalue weighted by atomic mass is 32.1. The topological polar surface area (TPSA) is 43.8 Å². The van der Waals surface area contributed by atoms with E-state index in [1.54, 1.807) is 17.4 Å². The molecule has 0 radical (unpaired) electrons. The monoisotopic (exact) mass is 406 g/mol. The molecule has 29 heavy (non-hydrogen) atoms. The second kappa shape index (κ2) is 9.25. The maximum atomic E-state index is 13.0. The summed E-state index contributed by atoms with van der Waals surface area (Å²) in [4.78, 5) is 18.7. The van der Waals surface area contributed by atoms with Crippen molar-refractivity contribution in [1.82, 2.24) is 9.80 Å². The van der Waals surface area contributed by atoms with E-state index in [0.29, 0.717) is 18.7 Å². The van der Waals surface area contributed by atoms with Gasteiger partial charge in [-0.25, -0.2) is 0 Å². The van der Waals surface area contributed by atoms with E-state index in [1.807, 2.05) is 35.2 Å². The third-order valence-corrected chi connectivity index (χ3v) is 6.39. The van der Waals surface area contributed by atoms with E-state index in [9.17, 15) is 9.90 Å². The molecule has 4 rings (SSSR count). The van der Waals surface area contributed by atoms with Crippen molar-refractivity contribution in [2.45, 2.75) is 12.8 Å². The molecule has 0 bridgehead atoms. The van der Waals surface area contributed by atoms with Gasteiger partial charge in [0.25, 0.3) is 5.91 Å². The van der Waals surface area contributed by atoms with Crippen LogP contribution >= 0.6 is 11.3 Å². The lowest BCUT2D eigenvalue weighted by Gasteiger charge is -2.34. The minimum atomic E-state index is -0.0738. The third-order valence-electron chi connectivity index (χ3n) is 5.46. The summed E-state index contributed by atoms with van der Waals surface area (Å²) >= 11 is 1.80. The van der Waals surface area contributed by atoms with Crippen molar-refractivity contribution in [3.8, 4) is 5.75 Å². The van der Waals surface area contributed by atoms with Crippen molar-refractivity contribution >= 4 is 17.2 Å². The van der Waals surface area contributed by atoms with Crippen molar-refractivity contribution in [3.05, 3.63) is 87.6 Å². The molecule has 0 saturated carbocycles. The molecule has 1 aliphatic rings. The molecule has 1 aliphatic heterocycles. The molecule has 1 amide bonds. The summed E-state index contributed by atoms with van der Waals surface area (Å²) in [5, 5.41) is 12.4. The van der Waals surface area contributed by atoms with Crippen LogP contribution in [0.5, 0.6) is 5.75 Å². The van der Waals surface area contributed by atoms with E-state index >= 15 is 0 Å². The van der Waals surface area contributed by atoms with Gasteiger partial charge in [-0.15, -0.1) is 11.3 Å². The number of rotatable bonds is 6. The Hall–Kier alpha value is -2.63. The van der Waals surface area contributed by atoms with Crippen molar-refractivity contribution in [2.24, 2.45) is 0 Å². The number of phenolic OH excluding ortho intramolecular Hbond substituents is 1. The van der Waals surface area contributed by atoms with Crippen molar-refractivity contribution in [1.29, 1.82) is 0 Å². The van der Waals surface area contributed by atoms with E-state index in [4.69, 9.17) is 0 Å². The maximum Gasteiger partial charge on any atom is 0.257 e. The summed E-state index contributed by atoms with van der Waals surface area (Å²) in [6.07, 6.45) is 1.81. The van der Waals surface area contributed by atoms with Crippen LogP contribution in [0.3, 0.4) is 0 Å². The minimum absolute atomic E-state index is 0.0620. The molecule has 1 N–H and O–H groups in total. The first-order valence-electron chi connectivity index (χ1n) is 10.1. The molecule has 0 atom stereocenters. The standard InChI is InChI=1S/C24H26N2O2S/c27-23-9-8-20(17-19-5-2-1-3-6-19)18-22(23)24(28)26-14-12-25(13-15-26)11-10-21-7-4-16-29-21/h1-9,16,18,27H,10-15,17H2. The number of carbonyl (C=O) groups is 1. The van der Waals surface area contributed by atoms with Crippen LogP contribution in [0.15, 0.2) is 66.0 Å². The van der Waals surface area contributed by atoms with Gasteiger partial charge < -0.3 is 10.0 Å². The molecule has 4 nitrogen and oxygen atoms in total. The van der Waals surface area contributed by atoms with E-state index in [0.717, 1.165) is 38.0 Å². The first-order chi connectivity index (χ1) is 14.2. The van der Waals surface area contributed by atoms with Crippen molar-refractivity contribution in [3.63, 3.8) is 0 Å². The van der Waals surface area contributed by atoms with Crippen LogP contribution in [0.4, 0.5) is 0 Å². The lowest BCUT2D eigenvalue weighted by molar-refractivity contribution is 0.0636. The zero-order valence-corrected chi connectivity index (χ0v) is 17.3. The fraction of sp³-hybridized carbons (Fsp3) is 0.292. The molecule has 1 aromatic heterocycles. The summed E-state index contributed by atoms with van der Waals surface area (Å²) in [6, 6.07) is 19.8. The normalized spacial score (nSPS) is 14.8. The molecular weight excluding hydrogens is 380 g/mol. The lowest BCUT2D eigenvalue weighted by Crippen LogP contribution is -2.49. The smallest absolute Gasteiger partial charge is 0.257 e. The number of aromatic hydroxyl groups is 1. The Morgan fingerprint density at radius 1 is 0.931 bits per heavy atom. The fourth-order valence-electron chi connectivity index (χ4n) is 3.76. The van der Waals surface area contributed by atoms with Crippen LogP contribution in [0, 0.1) is 0 Å². The molecule has 0 aliphatic carbocycles. The molecular formula is C24H26N2O2S. The van der Waals surface area contributed by atoms with Gasteiger partial charge in [-0.3, -0.25) is 9.69 Å². The predicted octanol–water partition coefficient (Wildman–Crippen LogP) is 4.05. The first-order valence-corrected chi connectivity index (χ1v) is 11.0. The average Bonchev–Trinajstić information content (AvgIpc) is 3.28. The predicted molar refractivity (Wildman–Crippen MR) is 118 cm³/mol. The molecule has 0 unspecified atom stereocenters. The molecule has 150 valence electrons. The van der Waals surface area contributed by atoms with Crippen molar-refractivity contribution in [2.75, 3.05) is 32.7 Å². The van der Waals surface area contributed by atoms with Gasteiger partial charge in [-0.1, -0.05) is 42.5 Å². The van der Waals surface area contributed by atoms with Crippen molar-refractivity contribution < 1.29 is 9.90 Å². The van der Waals surface area contributed by atoms with E-state index in [1.165, 1.54) is 10.4 Å². The number of hydrogen-bond acceptors (Lipinski definition) is 4. The number of nitrogens with zero attached hydrogens (tertiary/aromatic N) is 2. The van der Waals surface area contributed by atoms with Crippen LogP contribution < -0.4 is 0 Å². The Morgan fingerprint density at radius 2 is 1.72 bits per heavy atom. The quantitative estimate of drug-likeness (QED) is 0.672. The molecule has 2 aromatic carbocycles. The lowest BCUT2D eigenvalue weighted by atomic mass is 10.0. The number of thiophene rings is 1. The number of benzene rings is 2.